The van der Waals surface area contributed by atoms with E-state index in [0.717, 1.165) is 16.5 Å². The van der Waals surface area contributed by atoms with Gasteiger partial charge in [0.2, 0.25) is 5.91 Å². The Morgan fingerprint density at radius 1 is 1.23 bits per heavy atom. The molecule has 3 aromatic rings. The normalized spacial score (nSPS) is 14.2. The SMILES string of the molecule is O=C(Cc1ccc2[nH]ccc2c1)Nc1ccc(C2CC2)cn1. The quantitative estimate of drug-likeness (QED) is 0.771. The zero-order valence-electron chi connectivity index (χ0n) is 12.2. The zero-order valence-corrected chi connectivity index (χ0v) is 12.2. The molecule has 4 rings (SSSR count). The van der Waals surface area contributed by atoms with E-state index in [-0.39, 0.29) is 5.91 Å². The Labute approximate surface area is 128 Å². The number of rotatable bonds is 4. The summed E-state index contributed by atoms with van der Waals surface area (Å²) in [4.78, 5) is 19.6. The first-order valence-corrected chi connectivity index (χ1v) is 7.60. The van der Waals surface area contributed by atoms with Crippen LogP contribution in [0.25, 0.3) is 10.9 Å². The summed E-state index contributed by atoms with van der Waals surface area (Å²) in [7, 11) is 0. The third kappa shape index (κ3) is 2.72. The first-order valence-electron chi connectivity index (χ1n) is 7.60. The van der Waals surface area contributed by atoms with Gasteiger partial charge in [-0.2, -0.15) is 0 Å². The number of carbonyl (C=O) groups excluding carboxylic acids is 1. The van der Waals surface area contributed by atoms with Gasteiger partial charge in [0.1, 0.15) is 5.82 Å². The third-order valence-corrected chi connectivity index (χ3v) is 4.08. The van der Waals surface area contributed by atoms with Crippen molar-refractivity contribution in [3.05, 3.63) is 59.9 Å². The molecule has 0 atom stereocenters. The average molecular weight is 291 g/mol. The van der Waals surface area contributed by atoms with E-state index in [4.69, 9.17) is 0 Å². The minimum absolute atomic E-state index is 0.0402. The molecule has 4 nitrogen and oxygen atoms in total. The maximum atomic E-state index is 12.1. The molecule has 22 heavy (non-hydrogen) atoms. The minimum atomic E-state index is -0.0402. The Kier molecular flexibility index (Phi) is 3.15. The molecule has 1 aliphatic rings. The Hall–Kier alpha value is -2.62. The average Bonchev–Trinajstić information content (AvgIpc) is 3.26. The van der Waals surface area contributed by atoms with Crippen LogP contribution in [0.2, 0.25) is 0 Å². The van der Waals surface area contributed by atoms with Crippen molar-refractivity contribution in [1.29, 1.82) is 0 Å². The van der Waals surface area contributed by atoms with Crippen molar-refractivity contribution >= 4 is 22.6 Å². The van der Waals surface area contributed by atoms with Crippen LogP contribution in [0.1, 0.15) is 29.9 Å². The van der Waals surface area contributed by atoms with Gasteiger partial charge in [0.15, 0.2) is 0 Å². The van der Waals surface area contributed by atoms with Crippen LogP contribution in [0.5, 0.6) is 0 Å². The molecule has 1 saturated carbocycles. The molecule has 0 aliphatic heterocycles. The van der Waals surface area contributed by atoms with Crippen LogP contribution in [0.4, 0.5) is 5.82 Å². The van der Waals surface area contributed by atoms with Gasteiger partial charge in [-0.25, -0.2) is 4.98 Å². The molecule has 110 valence electrons. The van der Waals surface area contributed by atoms with Gasteiger partial charge in [-0.15, -0.1) is 0 Å². The topological polar surface area (TPSA) is 57.8 Å². The van der Waals surface area contributed by atoms with Crippen molar-refractivity contribution in [3.8, 4) is 0 Å². The van der Waals surface area contributed by atoms with E-state index in [0.29, 0.717) is 18.2 Å². The lowest BCUT2D eigenvalue weighted by Gasteiger charge is -2.06. The third-order valence-electron chi connectivity index (χ3n) is 4.08. The van der Waals surface area contributed by atoms with Gasteiger partial charge >= 0.3 is 0 Å². The first-order chi connectivity index (χ1) is 10.8. The van der Waals surface area contributed by atoms with Crippen molar-refractivity contribution in [1.82, 2.24) is 9.97 Å². The van der Waals surface area contributed by atoms with Crippen LogP contribution < -0.4 is 5.32 Å². The van der Waals surface area contributed by atoms with Crippen molar-refractivity contribution in [3.63, 3.8) is 0 Å². The van der Waals surface area contributed by atoms with Crippen molar-refractivity contribution in [2.45, 2.75) is 25.2 Å². The largest absolute Gasteiger partial charge is 0.361 e. The van der Waals surface area contributed by atoms with E-state index in [1.165, 1.54) is 18.4 Å². The number of benzene rings is 1. The summed E-state index contributed by atoms with van der Waals surface area (Å²) in [6.07, 6.45) is 6.65. The maximum absolute atomic E-state index is 12.1. The van der Waals surface area contributed by atoms with Crippen LogP contribution in [0.15, 0.2) is 48.8 Å². The Bertz CT molecular complexity index is 816. The standard InChI is InChI=1S/C18H17N3O/c22-18(10-12-1-5-16-14(9-12)7-8-19-16)21-17-6-4-15(11-20-17)13-2-3-13/h1,4-9,11,13,19H,2-3,10H2,(H,20,21,22). The van der Waals surface area contributed by atoms with Crippen LogP contribution in [-0.4, -0.2) is 15.9 Å². The van der Waals surface area contributed by atoms with E-state index in [1.807, 2.05) is 42.7 Å². The van der Waals surface area contributed by atoms with Crippen molar-refractivity contribution < 1.29 is 4.79 Å². The highest BCUT2D eigenvalue weighted by atomic mass is 16.1. The molecule has 0 unspecified atom stereocenters. The number of carbonyl (C=O) groups is 1. The lowest BCUT2D eigenvalue weighted by molar-refractivity contribution is -0.115. The fourth-order valence-corrected chi connectivity index (χ4v) is 2.72. The number of pyridine rings is 1. The van der Waals surface area contributed by atoms with Gasteiger partial charge < -0.3 is 10.3 Å². The second-order valence-corrected chi connectivity index (χ2v) is 5.88. The van der Waals surface area contributed by atoms with Crippen LogP contribution in [0.3, 0.4) is 0 Å². The van der Waals surface area contributed by atoms with Gasteiger partial charge in [-0.3, -0.25) is 4.79 Å². The molecular formula is C18H17N3O. The Balaban J connectivity index is 1.42. The van der Waals surface area contributed by atoms with Gasteiger partial charge in [0.25, 0.3) is 0 Å². The lowest BCUT2D eigenvalue weighted by atomic mass is 10.1. The van der Waals surface area contributed by atoms with Gasteiger partial charge in [-0.1, -0.05) is 12.1 Å². The Morgan fingerprint density at radius 3 is 2.91 bits per heavy atom. The summed E-state index contributed by atoms with van der Waals surface area (Å²) in [5.41, 5.74) is 3.36. The van der Waals surface area contributed by atoms with E-state index in [9.17, 15) is 4.79 Å². The van der Waals surface area contributed by atoms with Gasteiger partial charge in [0.05, 0.1) is 6.42 Å². The van der Waals surface area contributed by atoms with Crippen LogP contribution in [0, 0.1) is 0 Å². The zero-order chi connectivity index (χ0) is 14.9. The highest BCUT2D eigenvalue weighted by Gasteiger charge is 2.23. The minimum Gasteiger partial charge on any atom is -0.361 e. The lowest BCUT2D eigenvalue weighted by Crippen LogP contribution is -2.15. The molecule has 0 saturated heterocycles. The van der Waals surface area contributed by atoms with Gasteiger partial charge in [0, 0.05) is 17.9 Å². The number of fused-ring (bicyclic) bond motifs is 1. The van der Waals surface area contributed by atoms with Gasteiger partial charge in [-0.05, 0) is 59.5 Å². The summed E-state index contributed by atoms with van der Waals surface area (Å²) < 4.78 is 0. The molecule has 0 radical (unpaired) electrons. The molecule has 2 aromatic heterocycles. The maximum Gasteiger partial charge on any atom is 0.229 e. The first kappa shape index (κ1) is 13.1. The highest BCUT2D eigenvalue weighted by Crippen LogP contribution is 2.39. The second-order valence-electron chi connectivity index (χ2n) is 5.88. The van der Waals surface area contributed by atoms with Crippen molar-refractivity contribution in [2.75, 3.05) is 5.32 Å². The predicted molar refractivity (Wildman–Crippen MR) is 86.8 cm³/mol. The number of H-pyrrole nitrogens is 1. The predicted octanol–water partition coefficient (Wildman–Crippen LogP) is 3.62. The number of anilines is 1. The summed E-state index contributed by atoms with van der Waals surface area (Å²) in [6.45, 7) is 0. The number of aromatic nitrogens is 2. The number of nitrogens with one attached hydrogen (secondary N) is 2. The van der Waals surface area contributed by atoms with Crippen LogP contribution in [-0.2, 0) is 11.2 Å². The fraction of sp³-hybridized carbons (Fsp3) is 0.222. The summed E-state index contributed by atoms with van der Waals surface area (Å²) in [6, 6.07) is 12.0. The fourth-order valence-electron chi connectivity index (χ4n) is 2.72. The summed E-state index contributed by atoms with van der Waals surface area (Å²) in [5, 5.41) is 3.98. The molecule has 1 fully saturated rings. The monoisotopic (exact) mass is 291 g/mol. The number of aromatic amines is 1. The number of amides is 1. The molecule has 1 aromatic carbocycles. The molecule has 2 N–H and O–H groups in total. The molecule has 0 bridgehead atoms. The number of hydrogen-bond donors (Lipinski definition) is 2. The van der Waals surface area contributed by atoms with E-state index in [2.05, 4.69) is 21.4 Å². The molecule has 0 spiro atoms. The molecular weight excluding hydrogens is 274 g/mol. The molecule has 1 amide bonds. The highest BCUT2D eigenvalue weighted by molar-refractivity contribution is 5.92. The van der Waals surface area contributed by atoms with E-state index < -0.39 is 0 Å². The molecule has 2 heterocycles. The van der Waals surface area contributed by atoms with Crippen LogP contribution >= 0.6 is 0 Å². The van der Waals surface area contributed by atoms with E-state index >= 15 is 0 Å². The number of hydrogen-bond acceptors (Lipinski definition) is 2. The molecule has 4 heteroatoms. The Morgan fingerprint density at radius 2 is 2.14 bits per heavy atom. The second kappa shape index (κ2) is 5.30. The molecule has 1 aliphatic carbocycles. The van der Waals surface area contributed by atoms with Crippen molar-refractivity contribution in [2.24, 2.45) is 0 Å². The summed E-state index contributed by atoms with van der Waals surface area (Å²) in [5.74, 6) is 1.27. The number of nitrogens with zero attached hydrogens (tertiary/aromatic N) is 1. The summed E-state index contributed by atoms with van der Waals surface area (Å²) >= 11 is 0. The van der Waals surface area contributed by atoms with E-state index in [1.54, 1.807) is 0 Å². The smallest absolute Gasteiger partial charge is 0.229 e.